The molecule has 170 valence electrons. The van der Waals surface area contributed by atoms with Crippen LogP contribution in [-0.4, -0.2) is 42.9 Å². The molecule has 2 aromatic carbocycles. The Morgan fingerprint density at radius 3 is 2.82 bits per heavy atom. The van der Waals surface area contributed by atoms with Crippen molar-refractivity contribution < 1.29 is 19.8 Å². The summed E-state index contributed by atoms with van der Waals surface area (Å²) >= 11 is 0. The third kappa shape index (κ3) is 4.59. The Bertz CT molecular complexity index is 1250. The molecule has 1 aromatic heterocycles. The van der Waals surface area contributed by atoms with E-state index >= 15 is 0 Å². The summed E-state index contributed by atoms with van der Waals surface area (Å²) in [5, 5.41) is 5.69. The van der Waals surface area contributed by atoms with E-state index in [2.05, 4.69) is 15.5 Å². The molecule has 2 amide bonds. The molecule has 5 rings (SSSR count). The fourth-order valence-electron chi connectivity index (χ4n) is 4.31. The van der Waals surface area contributed by atoms with Gasteiger partial charge in [0.25, 0.3) is 11.8 Å². The third-order valence-corrected chi connectivity index (χ3v) is 5.98. The van der Waals surface area contributed by atoms with Gasteiger partial charge in [0.15, 0.2) is 0 Å². The number of anilines is 1. The van der Waals surface area contributed by atoms with Crippen molar-refractivity contribution in [3.05, 3.63) is 77.3 Å². The Morgan fingerprint density at radius 2 is 1.97 bits per heavy atom. The predicted octanol–water partition coefficient (Wildman–Crippen LogP) is 4.65. The number of nitrogens with one attached hydrogen (secondary N) is 2. The molecule has 3 heterocycles. The minimum Gasteiger partial charge on any atom is -0.457 e. The maximum atomic E-state index is 14.3. The lowest BCUT2D eigenvalue weighted by Crippen LogP contribution is -2.33. The molecule has 6 nitrogen and oxygen atoms in total. The van der Waals surface area contributed by atoms with Gasteiger partial charge >= 0.3 is 0 Å². The smallest absolute Gasteiger partial charge is 0.256 e. The second-order valence-electron chi connectivity index (χ2n) is 8.29. The molecule has 0 atom stereocenters. The van der Waals surface area contributed by atoms with Crippen LogP contribution in [0.4, 0.5) is 10.1 Å². The summed E-state index contributed by atoms with van der Waals surface area (Å²) in [5.41, 5.74) is 2.77. The molecule has 1 fully saturated rings. The first-order valence-electron chi connectivity index (χ1n) is 11.1. The Balaban J connectivity index is 0.00000274. The molecular formula is C26H26FN3O3. The third-order valence-electron chi connectivity index (χ3n) is 5.98. The van der Waals surface area contributed by atoms with E-state index in [0.717, 1.165) is 30.9 Å². The van der Waals surface area contributed by atoms with Crippen molar-refractivity contribution in [2.24, 2.45) is 0 Å². The van der Waals surface area contributed by atoms with Gasteiger partial charge < -0.3 is 20.0 Å². The van der Waals surface area contributed by atoms with Crippen LogP contribution in [0.3, 0.4) is 0 Å². The molecule has 0 saturated carbocycles. The summed E-state index contributed by atoms with van der Waals surface area (Å²) in [7, 11) is 0. The first kappa shape index (κ1) is 21.2. The van der Waals surface area contributed by atoms with Crippen LogP contribution >= 0.6 is 0 Å². The van der Waals surface area contributed by atoms with E-state index in [0.29, 0.717) is 29.2 Å². The van der Waals surface area contributed by atoms with Crippen LogP contribution in [0.5, 0.6) is 0 Å². The molecule has 2 aliphatic heterocycles. The number of para-hydroxylation sites is 1. The van der Waals surface area contributed by atoms with E-state index in [9.17, 15) is 14.0 Å². The number of amides is 2. The van der Waals surface area contributed by atoms with Crippen molar-refractivity contribution in [3.63, 3.8) is 0 Å². The van der Waals surface area contributed by atoms with Gasteiger partial charge in [-0.2, -0.15) is 0 Å². The van der Waals surface area contributed by atoms with Gasteiger partial charge in [0, 0.05) is 36.9 Å². The number of fused-ring (bicyclic) bond motifs is 1. The molecule has 0 aliphatic carbocycles. The number of furan rings is 1. The molecule has 0 radical (unpaired) electrons. The second-order valence-corrected chi connectivity index (χ2v) is 8.29. The highest BCUT2D eigenvalue weighted by Gasteiger charge is 2.24. The monoisotopic (exact) mass is 447 g/mol. The number of hydrogen-bond donors (Lipinski definition) is 2. The van der Waals surface area contributed by atoms with E-state index in [-0.39, 0.29) is 18.8 Å². The minimum absolute atomic E-state index is 0. The summed E-state index contributed by atoms with van der Waals surface area (Å²) in [6, 6.07) is 15.0. The lowest BCUT2D eigenvalue weighted by atomic mass is 10.1. The van der Waals surface area contributed by atoms with E-state index in [1.165, 1.54) is 25.0 Å². The molecule has 0 unspecified atom stereocenters. The maximum Gasteiger partial charge on any atom is 0.256 e. The Kier molecular flexibility index (Phi) is 5.79. The highest BCUT2D eigenvalue weighted by atomic mass is 19.1. The highest BCUT2D eigenvalue weighted by molar-refractivity contribution is 6.34. The quantitative estimate of drug-likeness (QED) is 0.540. The normalized spacial score (nSPS) is 16.8. The van der Waals surface area contributed by atoms with E-state index in [1.807, 2.05) is 24.3 Å². The summed E-state index contributed by atoms with van der Waals surface area (Å²) in [6.45, 7) is 3.43. The molecule has 2 N–H and O–H groups in total. The number of carbonyl (C=O) groups is 2. The van der Waals surface area contributed by atoms with Crippen molar-refractivity contribution >= 4 is 29.2 Å². The molecular weight excluding hydrogens is 421 g/mol. The first-order valence-corrected chi connectivity index (χ1v) is 11.1. The van der Waals surface area contributed by atoms with Gasteiger partial charge in [-0.05, 0) is 68.4 Å². The largest absolute Gasteiger partial charge is 0.457 e. The second kappa shape index (κ2) is 9.03. The lowest BCUT2D eigenvalue weighted by molar-refractivity contribution is -0.110. The van der Waals surface area contributed by atoms with Gasteiger partial charge in [0.1, 0.15) is 17.3 Å². The van der Waals surface area contributed by atoms with Crippen molar-refractivity contribution in [2.75, 3.05) is 31.5 Å². The van der Waals surface area contributed by atoms with Gasteiger partial charge in [-0.3, -0.25) is 9.59 Å². The predicted molar refractivity (Wildman–Crippen MR) is 127 cm³/mol. The number of nitrogens with zero attached hydrogens (tertiary/aromatic N) is 1. The number of hydrogen-bond acceptors (Lipinski definition) is 4. The molecule has 3 aromatic rings. The van der Waals surface area contributed by atoms with E-state index in [1.54, 1.807) is 24.3 Å². The average molecular weight is 448 g/mol. The SMILES string of the molecule is O=C1Nc2ccccc2/C1=C\c1ccc(-c2cc(F)cc(C(=O)NCCN3CCCC3)c2)o1.[HH]. The summed E-state index contributed by atoms with van der Waals surface area (Å²) in [4.78, 5) is 27.2. The molecule has 0 spiro atoms. The van der Waals surface area contributed by atoms with Crippen molar-refractivity contribution in [1.82, 2.24) is 10.2 Å². The summed E-state index contributed by atoms with van der Waals surface area (Å²) in [6.07, 6.45) is 4.05. The number of halogens is 1. The number of rotatable bonds is 6. The number of benzene rings is 2. The van der Waals surface area contributed by atoms with Gasteiger partial charge in [-0.15, -0.1) is 0 Å². The zero-order chi connectivity index (χ0) is 22.8. The molecule has 2 aliphatic rings. The minimum atomic E-state index is -0.516. The van der Waals surface area contributed by atoms with Gasteiger partial charge in [-0.1, -0.05) is 18.2 Å². The van der Waals surface area contributed by atoms with Crippen LogP contribution < -0.4 is 10.6 Å². The summed E-state index contributed by atoms with van der Waals surface area (Å²) < 4.78 is 20.2. The van der Waals surface area contributed by atoms with Crippen molar-refractivity contribution in [2.45, 2.75) is 12.8 Å². The average Bonchev–Trinajstić information content (AvgIpc) is 3.55. The maximum absolute atomic E-state index is 14.3. The van der Waals surface area contributed by atoms with Crippen LogP contribution in [0.1, 0.15) is 35.9 Å². The highest BCUT2D eigenvalue weighted by Crippen LogP contribution is 2.34. The number of carbonyl (C=O) groups excluding carboxylic acids is 2. The topological polar surface area (TPSA) is 74.6 Å². The van der Waals surface area contributed by atoms with Gasteiger partial charge in [0.2, 0.25) is 0 Å². The van der Waals surface area contributed by atoms with Crippen molar-refractivity contribution in [1.29, 1.82) is 0 Å². The van der Waals surface area contributed by atoms with Crippen LogP contribution in [0, 0.1) is 5.82 Å². The van der Waals surface area contributed by atoms with Crippen LogP contribution in [-0.2, 0) is 4.79 Å². The van der Waals surface area contributed by atoms with E-state index in [4.69, 9.17) is 4.42 Å². The standard InChI is InChI=1S/C26H24FN3O3.H2/c27-19-14-17(13-18(15-19)25(31)28-9-12-30-10-3-4-11-30)24-8-7-20(33-24)16-22-21-5-1-2-6-23(21)29-26(22)32;/h1-2,5-8,13-16H,3-4,9-12H2,(H,28,31)(H,29,32);1H/b22-16+;. The number of likely N-dealkylation sites (tertiary alicyclic amines) is 1. The fraction of sp³-hybridized carbons (Fsp3) is 0.231. The molecule has 7 heteroatoms. The molecule has 33 heavy (non-hydrogen) atoms. The zero-order valence-corrected chi connectivity index (χ0v) is 18.1. The van der Waals surface area contributed by atoms with Gasteiger partial charge in [-0.25, -0.2) is 4.39 Å². The van der Waals surface area contributed by atoms with E-state index < -0.39 is 5.82 Å². The Morgan fingerprint density at radius 1 is 1.15 bits per heavy atom. The molecule has 0 bridgehead atoms. The van der Waals surface area contributed by atoms with Crippen LogP contribution in [0.25, 0.3) is 23.0 Å². The van der Waals surface area contributed by atoms with Gasteiger partial charge in [0.05, 0.1) is 5.57 Å². The van der Waals surface area contributed by atoms with Crippen LogP contribution in [0.15, 0.2) is 59.0 Å². The lowest BCUT2D eigenvalue weighted by Gasteiger charge is -2.14. The van der Waals surface area contributed by atoms with Crippen molar-refractivity contribution in [3.8, 4) is 11.3 Å². The Hall–Kier alpha value is -3.71. The first-order chi connectivity index (χ1) is 16.1. The molecule has 1 saturated heterocycles. The Labute approximate surface area is 192 Å². The summed E-state index contributed by atoms with van der Waals surface area (Å²) in [5.74, 6) is -0.152. The zero-order valence-electron chi connectivity index (χ0n) is 18.1. The van der Waals surface area contributed by atoms with Crippen LogP contribution in [0.2, 0.25) is 0 Å². The fourth-order valence-corrected chi connectivity index (χ4v) is 4.31.